The Bertz CT molecular complexity index is 372. The van der Waals surface area contributed by atoms with Gasteiger partial charge in [-0.15, -0.1) is 0 Å². The molecule has 0 aromatic carbocycles. The van der Waals surface area contributed by atoms with Crippen molar-refractivity contribution < 1.29 is 0 Å². The first kappa shape index (κ1) is 13.4. The Morgan fingerprint density at radius 2 is 1.94 bits per heavy atom. The summed E-state index contributed by atoms with van der Waals surface area (Å²) in [5.74, 6) is 0.886. The average molecular weight is 262 g/mol. The highest BCUT2D eigenvalue weighted by Gasteiger charge is 2.11. The molecule has 1 heterocycles. The molecule has 3 N–H and O–H groups in total. The first-order valence-electron chi connectivity index (χ1n) is 5.15. The van der Waals surface area contributed by atoms with Gasteiger partial charge >= 0.3 is 0 Å². The van der Waals surface area contributed by atoms with E-state index in [2.05, 4.69) is 31.1 Å². The number of nitrogens with one attached hydrogen (secondary N) is 1. The molecule has 3 nitrogen and oxygen atoms in total. The Morgan fingerprint density at radius 3 is 2.50 bits per heavy atom. The summed E-state index contributed by atoms with van der Waals surface area (Å²) in [6.45, 7) is 7.34. The minimum atomic E-state index is 0.275. The van der Waals surface area contributed by atoms with Crippen molar-refractivity contribution in [3.05, 3.63) is 16.1 Å². The topological polar surface area (TPSA) is 50.9 Å². The van der Waals surface area contributed by atoms with Gasteiger partial charge in [-0.25, -0.2) is 4.98 Å². The molecule has 0 radical (unpaired) electrons. The molecule has 0 atom stereocenters. The Labute approximate surface area is 106 Å². The number of nitrogens with zero attached hydrogens (tertiary/aromatic N) is 1. The lowest BCUT2D eigenvalue weighted by atomic mass is 9.92. The van der Waals surface area contributed by atoms with Crippen LogP contribution in [0.15, 0.2) is 6.07 Å². The van der Waals surface area contributed by atoms with Gasteiger partial charge in [0, 0.05) is 6.54 Å². The van der Waals surface area contributed by atoms with E-state index in [4.69, 9.17) is 28.9 Å². The predicted molar refractivity (Wildman–Crippen MR) is 71.2 cm³/mol. The highest BCUT2D eigenvalue weighted by molar-refractivity contribution is 6.37. The molecule has 5 heteroatoms. The maximum Gasteiger partial charge on any atom is 0.147 e. The zero-order chi connectivity index (χ0) is 12.3. The van der Waals surface area contributed by atoms with E-state index in [0.717, 1.165) is 13.0 Å². The SMILES string of the molecule is CC(C)(C)CCNc1nc(N)c(Cl)cc1Cl. The zero-order valence-electron chi connectivity index (χ0n) is 9.77. The molecule has 1 aromatic heterocycles. The number of aromatic nitrogens is 1. The molecule has 0 spiro atoms. The van der Waals surface area contributed by atoms with E-state index in [1.165, 1.54) is 0 Å². The van der Waals surface area contributed by atoms with Crippen LogP contribution in [0.3, 0.4) is 0 Å². The molecule has 1 aromatic rings. The van der Waals surface area contributed by atoms with E-state index in [1.807, 2.05) is 0 Å². The summed E-state index contributed by atoms with van der Waals surface area (Å²) in [6, 6.07) is 1.60. The van der Waals surface area contributed by atoms with Crippen molar-refractivity contribution in [2.75, 3.05) is 17.6 Å². The molecular weight excluding hydrogens is 245 g/mol. The van der Waals surface area contributed by atoms with Gasteiger partial charge in [0.2, 0.25) is 0 Å². The van der Waals surface area contributed by atoms with Crippen molar-refractivity contribution in [2.24, 2.45) is 5.41 Å². The van der Waals surface area contributed by atoms with Crippen LogP contribution in [0.25, 0.3) is 0 Å². The molecule has 0 fully saturated rings. The van der Waals surface area contributed by atoms with Crippen molar-refractivity contribution >= 4 is 34.8 Å². The van der Waals surface area contributed by atoms with Crippen LogP contribution >= 0.6 is 23.2 Å². The van der Waals surface area contributed by atoms with E-state index in [1.54, 1.807) is 6.07 Å². The standard InChI is InChI=1S/C11H17Cl2N3/c1-11(2,3)4-5-15-10-8(13)6-7(12)9(14)16-10/h6H,4-5H2,1-3H3,(H3,14,15,16). The first-order chi connectivity index (χ1) is 7.29. The van der Waals surface area contributed by atoms with Crippen molar-refractivity contribution in [2.45, 2.75) is 27.2 Å². The van der Waals surface area contributed by atoms with Crippen LogP contribution in [0.2, 0.25) is 10.0 Å². The third kappa shape index (κ3) is 4.06. The van der Waals surface area contributed by atoms with E-state index in [9.17, 15) is 0 Å². The molecular formula is C11H17Cl2N3. The van der Waals surface area contributed by atoms with Gasteiger partial charge < -0.3 is 11.1 Å². The summed E-state index contributed by atoms with van der Waals surface area (Å²) in [5, 5.41) is 4.03. The summed E-state index contributed by atoms with van der Waals surface area (Å²) in [4.78, 5) is 4.09. The number of nitrogens with two attached hydrogens (primary N) is 1. The number of rotatable bonds is 3. The molecule has 1 rings (SSSR count). The molecule has 0 aliphatic carbocycles. The van der Waals surface area contributed by atoms with Gasteiger partial charge in [-0.1, -0.05) is 44.0 Å². The minimum absolute atomic E-state index is 0.275. The van der Waals surface area contributed by atoms with Crippen molar-refractivity contribution in [1.82, 2.24) is 4.98 Å². The first-order valence-corrected chi connectivity index (χ1v) is 5.90. The molecule has 0 aliphatic heterocycles. The smallest absolute Gasteiger partial charge is 0.147 e. The third-order valence-corrected chi connectivity index (χ3v) is 2.71. The summed E-state index contributed by atoms with van der Waals surface area (Å²) in [7, 11) is 0. The Kier molecular flexibility index (Phi) is 4.28. The van der Waals surface area contributed by atoms with E-state index in [0.29, 0.717) is 21.7 Å². The molecule has 90 valence electrons. The van der Waals surface area contributed by atoms with Gasteiger partial charge in [0.1, 0.15) is 11.6 Å². The third-order valence-electron chi connectivity index (χ3n) is 2.12. The monoisotopic (exact) mass is 261 g/mol. The van der Waals surface area contributed by atoms with Gasteiger partial charge in [0.05, 0.1) is 10.0 Å². The second kappa shape index (κ2) is 5.11. The van der Waals surface area contributed by atoms with Crippen LogP contribution in [-0.4, -0.2) is 11.5 Å². The summed E-state index contributed by atoms with van der Waals surface area (Å²) in [6.07, 6.45) is 1.02. The van der Waals surface area contributed by atoms with Crippen LogP contribution < -0.4 is 11.1 Å². The predicted octanol–water partition coefficient (Wildman–Crippen LogP) is 3.82. The Morgan fingerprint density at radius 1 is 1.31 bits per heavy atom. The number of pyridine rings is 1. The lowest BCUT2D eigenvalue weighted by Gasteiger charge is -2.18. The Balaban J connectivity index is 2.64. The second-order valence-electron chi connectivity index (χ2n) is 4.92. The fraction of sp³-hybridized carbons (Fsp3) is 0.545. The molecule has 0 aliphatic rings. The number of hydrogen-bond donors (Lipinski definition) is 2. The van der Waals surface area contributed by atoms with Crippen LogP contribution in [0.5, 0.6) is 0 Å². The van der Waals surface area contributed by atoms with Crippen molar-refractivity contribution in [1.29, 1.82) is 0 Å². The highest BCUT2D eigenvalue weighted by Crippen LogP contribution is 2.27. The Hall–Kier alpha value is -0.670. The fourth-order valence-corrected chi connectivity index (χ4v) is 1.59. The second-order valence-corrected chi connectivity index (χ2v) is 5.74. The average Bonchev–Trinajstić information content (AvgIpc) is 2.11. The van der Waals surface area contributed by atoms with Gasteiger partial charge in [0.15, 0.2) is 0 Å². The fourth-order valence-electron chi connectivity index (χ4n) is 1.16. The summed E-state index contributed by atoms with van der Waals surface area (Å²) in [5.41, 5.74) is 5.88. The lowest BCUT2D eigenvalue weighted by Crippen LogP contribution is -2.14. The maximum atomic E-state index is 5.99. The number of nitrogen functional groups attached to an aromatic ring is 1. The molecule has 0 unspecified atom stereocenters. The highest BCUT2D eigenvalue weighted by atomic mass is 35.5. The van der Waals surface area contributed by atoms with Crippen molar-refractivity contribution in [3.63, 3.8) is 0 Å². The van der Waals surface area contributed by atoms with Crippen LogP contribution in [0.1, 0.15) is 27.2 Å². The number of hydrogen-bond acceptors (Lipinski definition) is 3. The minimum Gasteiger partial charge on any atom is -0.382 e. The van der Waals surface area contributed by atoms with E-state index >= 15 is 0 Å². The molecule has 0 saturated heterocycles. The number of halogens is 2. The van der Waals surface area contributed by atoms with E-state index in [-0.39, 0.29) is 5.41 Å². The molecule has 0 bridgehead atoms. The zero-order valence-corrected chi connectivity index (χ0v) is 11.3. The van der Waals surface area contributed by atoms with Crippen molar-refractivity contribution in [3.8, 4) is 0 Å². The molecule has 16 heavy (non-hydrogen) atoms. The van der Waals surface area contributed by atoms with Gasteiger partial charge in [0.25, 0.3) is 0 Å². The van der Waals surface area contributed by atoms with Crippen LogP contribution in [0, 0.1) is 5.41 Å². The lowest BCUT2D eigenvalue weighted by molar-refractivity contribution is 0.389. The molecule has 0 saturated carbocycles. The summed E-state index contributed by atoms with van der Waals surface area (Å²) >= 11 is 11.8. The largest absolute Gasteiger partial charge is 0.382 e. The number of anilines is 2. The van der Waals surface area contributed by atoms with Gasteiger partial charge in [-0.2, -0.15) is 0 Å². The maximum absolute atomic E-state index is 5.99. The van der Waals surface area contributed by atoms with Crippen LogP contribution in [-0.2, 0) is 0 Å². The normalized spacial score (nSPS) is 11.6. The quantitative estimate of drug-likeness (QED) is 0.870. The van der Waals surface area contributed by atoms with Gasteiger partial charge in [-0.05, 0) is 17.9 Å². The van der Waals surface area contributed by atoms with Crippen LogP contribution in [0.4, 0.5) is 11.6 Å². The summed E-state index contributed by atoms with van der Waals surface area (Å²) < 4.78 is 0. The van der Waals surface area contributed by atoms with Gasteiger partial charge in [-0.3, -0.25) is 0 Å². The van der Waals surface area contributed by atoms with E-state index < -0.39 is 0 Å². The molecule has 0 amide bonds.